The highest BCUT2D eigenvalue weighted by Crippen LogP contribution is 2.03. The highest BCUT2D eigenvalue weighted by molar-refractivity contribution is 7.88. The molecule has 0 bridgehead atoms. The van der Waals surface area contributed by atoms with Gasteiger partial charge in [0.25, 0.3) is 0 Å². The standard InChI is InChI=1S/C14H23N3O3S/c1-3-4-10-17(21(2,19)20)11-8-14(18)16-12-13-7-5-6-9-15-13/h5-7,9H,3-4,8,10-12H2,1-2H3,(H,16,18). The van der Waals surface area contributed by atoms with Crippen molar-refractivity contribution < 1.29 is 13.2 Å². The monoisotopic (exact) mass is 313 g/mol. The minimum atomic E-state index is -3.26. The zero-order valence-corrected chi connectivity index (χ0v) is 13.4. The van der Waals surface area contributed by atoms with E-state index in [1.54, 1.807) is 6.20 Å². The van der Waals surface area contributed by atoms with E-state index in [4.69, 9.17) is 0 Å². The average molecular weight is 313 g/mol. The van der Waals surface area contributed by atoms with Gasteiger partial charge in [0, 0.05) is 25.7 Å². The van der Waals surface area contributed by atoms with Crippen LogP contribution >= 0.6 is 0 Å². The van der Waals surface area contributed by atoms with Crippen molar-refractivity contribution >= 4 is 15.9 Å². The average Bonchev–Trinajstić information content (AvgIpc) is 2.45. The van der Waals surface area contributed by atoms with E-state index < -0.39 is 10.0 Å². The van der Waals surface area contributed by atoms with Crippen LogP contribution in [-0.2, 0) is 21.4 Å². The number of unbranched alkanes of at least 4 members (excludes halogenated alkanes) is 1. The Morgan fingerprint density at radius 3 is 2.67 bits per heavy atom. The molecular weight excluding hydrogens is 290 g/mol. The number of carbonyl (C=O) groups is 1. The molecule has 0 spiro atoms. The van der Waals surface area contributed by atoms with Crippen LogP contribution < -0.4 is 5.32 Å². The number of hydrogen-bond donors (Lipinski definition) is 1. The molecule has 1 aromatic rings. The molecule has 1 amide bonds. The molecule has 0 aliphatic carbocycles. The molecule has 1 N–H and O–H groups in total. The Morgan fingerprint density at radius 2 is 2.10 bits per heavy atom. The van der Waals surface area contributed by atoms with Crippen LogP contribution in [0, 0.1) is 0 Å². The molecule has 0 unspecified atom stereocenters. The number of hydrogen-bond acceptors (Lipinski definition) is 4. The van der Waals surface area contributed by atoms with Gasteiger partial charge in [-0.05, 0) is 18.6 Å². The maximum absolute atomic E-state index is 11.8. The van der Waals surface area contributed by atoms with E-state index in [2.05, 4.69) is 10.3 Å². The first kappa shape index (κ1) is 17.6. The fourth-order valence-electron chi connectivity index (χ4n) is 1.78. The Kier molecular flexibility index (Phi) is 7.31. The Labute approximate surface area is 126 Å². The lowest BCUT2D eigenvalue weighted by atomic mass is 10.3. The second kappa shape index (κ2) is 8.74. The molecule has 118 valence electrons. The second-order valence-electron chi connectivity index (χ2n) is 4.86. The first-order valence-corrected chi connectivity index (χ1v) is 8.90. The van der Waals surface area contributed by atoms with Gasteiger partial charge in [-0.2, -0.15) is 0 Å². The van der Waals surface area contributed by atoms with Gasteiger partial charge in [0.05, 0.1) is 18.5 Å². The lowest BCUT2D eigenvalue weighted by molar-refractivity contribution is -0.121. The molecule has 0 aliphatic heterocycles. The van der Waals surface area contributed by atoms with Crippen LogP contribution in [-0.4, -0.2) is 43.0 Å². The Balaban J connectivity index is 2.39. The third kappa shape index (κ3) is 7.19. The van der Waals surface area contributed by atoms with Gasteiger partial charge >= 0.3 is 0 Å². The zero-order chi connectivity index (χ0) is 15.7. The molecule has 1 rings (SSSR count). The van der Waals surface area contributed by atoms with Crippen molar-refractivity contribution in [2.75, 3.05) is 19.3 Å². The number of aromatic nitrogens is 1. The van der Waals surface area contributed by atoms with E-state index in [1.807, 2.05) is 25.1 Å². The molecule has 0 radical (unpaired) electrons. The zero-order valence-electron chi connectivity index (χ0n) is 12.6. The molecule has 7 heteroatoms. The summed E-state index contributed by atoms with van der Waals surface area (Å²) in [5.74, 6) is -0.175. The number of pyridine rings is 1. The summed E-state index contributed by atoms with van der Waals surface area (Å²) in [7, 11) is -3.26. The van der Waals surface area contributed by atoms with Crippen molar-refractivity contribution in [3.63, 3.8) is 0 Å². The van der Waals surface area contributed by atoms with Crippen LogP contribution in [0.25, 0.3) is 0 Å². The molecule has 0 aliphatic rings. The van der Waals surface area contributed by atoms with Gasteiger partial charge in [-0.1, -0.05) is 19.4 Å². The molecule has 0 saturated carbocycles. The molecule has 0 saturated heterocycles. The first-order valence-electron chi connectivity index (χ1n) is 7.05. The van der Waals surface area contributed by atoms with Crippen molar-refractivity contribution in [3.8, 4) is 0 Å². The van der Waals surface area contributed by atoms with Gasteiger partial charge < -0.3 is 5.32 Å². The smallest absolute Gasteiger partial charge is 0.221 e. The van der Waals surface area contributed by atoms with Crippen molar-refractivity contribution in [1.29, 1.82) is 0 Å². The van der Waals surface area contributed by atoms with E-state index in [1.165, 1.54) is 10.6 Å². The molecule has 0 atom stereocenters. The Hall–Kier alpha value is -1.47. The molecule has 1 aromatic heterocycles. The van der Waals surface area contributed by atoms with E-state index in [-0.39, 0.29) is 18.9 Å². The van der Waals surface area contributed by atoms with Crippen LogP contribution in [0.15, 0.2) is 24.4 Å². The normalized spacial score (nSPS) is 11.6. The van der Waals surface area contributed by atoms with Crippen molar-refractivity contribution in [3.05, 3.63) is 30.1 Å². The van der Waals surface area contributed by atoms with Crippen molar-refractivity contribution in [2.24, 2.45) is 0 Å². The molecule has 0 aromatic carbocycles. The van der Waals surface area contributed by atoms with Crippen molar-refractivity contribution in [2.45, 2.75) is 32.7 Å². The number of carbonyl (C=O) groups excluding carboxylic acids is 1. The number of nitrogens with one attached hydrogen (secondary N) is 1. The minimum absolute atomic E-state index is 0.156. The largest absolute Gasteiger partial charge is 0.350 e. The summed E-state index contributed by atoms with van der Waals surface area (Å²) in [4.78, 5) is 15.9. The van der Waals surface area contributed by atoms with Crippen LogP contribution in [0.3, 0.4) is 0 Å². The predicted octanol–water partition coefficient (Wildman–Crippen LogP) is 1.15. The third-order valence-corrected chi connectivity index (χ3v) is 4.31. The van der Waals surface area contributed by atoms with Crippen LogP contribution in [0.2, 0.25) is 0 Å². The van der Waals surface area contributed by atoms with E-state index in [9.17, 15) is 13.2 Å². The summed E-state index contributed by atoms with van der Waals surface area (Å²) in [5, 5.41) is 2.74. The number of sulfonamides is 1. The van der Waals surface area contributed by atoms with Gasteiger partial charge in [-0.15, -0.1) is 0 Å². The number of amides is 1. The highest BCUT2D eigenvalue weighted by atomic mass is 32.2. The lowest BCUT2D eigenvalue weighted by Gasteiger charge is -2.19. The summed E-state index contributed by atoms with van der Waals surface area (Å²) < 4.78 is 24.6. The van der Waals surface area contributed by atoms with Gasteiger partial charge in [0.2, 0.25) is 15.9 Å². The molecular formula is C14H23N3O3S. The van der Waals surface area contributed by atoms with Crippen LogP contribution in [0.4, 0.5) is 0 Å². The SMILES string of the molecule is CCCCN(CCC(=O)NCc1ccccn1)S(C)(=O)=O. The van der Waals surface area contributed by atoms with Gasteiger partial charge in [0.1, 0.15) is 0 Å². The fourth-order valence-corrected chi connectivity index (χ4v) is 2.67. The van der Waals surface area contributed by atoms with E-state index >= 15 is 0 Å². The molecule has 6 nitrogen and oxygen atoms in total. The summed E-state index contributed by atoms with van der Waals surface area (Å²) in [6.07, 6.45) is 4.70. The van der Waals surface area contributed by atoms with Crippen LogP contribution in [0.5, 0.6) is 0 Å². The maximum Gasteiger partial charge on any atom is 0.221 e. The Bertz CT molecular complexity index is 532. The summed E-state index contributed by atoms with van der Waals surface area (Å²) in [6, 6.07) is 5.48. The van der Waals surface area contributed by atoms with Gasteiger partial charge in [-0.25, -0.2) is 12.7 Å². The predicted molar refractivity (Wildman–Crippen MR) is 82.0 cm³/mol. The first-order chi connectivity index (χ1) is 9.93. The van der Waals surface area contributed by atoms with Gasteiger partial charge in [-0.3, -0.25) is 9.78 Å². The summed E-state index contributed by atoms with van der Waals surface area (Å²) >= 11 is 0. The molecule has 21 heavy (non-hydrogen) atoms. The second-order valence-corrected chi connectivity index (χ2v) is 6.85. The van der Waals surface area contributed by atoms with E-state index in [0.717, 1.165) is 18.5 Å². The fraction of sp³-hybridized carbons (Fsp3) is 0.571. The van der Waals surface area contributed by atoms with Crippen LogP contribution in [0.1, 0.15) is 31.9 Å². The number of nitrogens with zero attached hydrogens (tertiary/aromatic N) is 2. The number of rotatable bonds is 9. The minimum Gasteiger partial charge on any atom is -0.350 e. The molecule has 0 fully saturated rings. The maximum atomic E-state index is 11.8. The van der Waals surface area contributed by atoms with Crippen molar-refractivity contribution in [1.82, 2.24) is 14.6 Å². The topological polar surface area (TPSA) is 79.4 Å². The highest BCUT2D eigenvalue weighted by Gasteiger charge is 2.16. The third-order valence-electron chi connectivity index (χ3n) is 3.01. The Morgan fingerprint density at radius 1 is 1.33 bits per heavy atom. The quantitative estimate of drug-likeness (QED) is 0.741. The van der Waals surface area contributed by atoms with Gasteiger partial charge in [0.15, 0.2) is 0 Å². The molecule has 1 heterocycles. The van der Waals surface area contributed by atoms with E-state index in [0.29, 0.717) is 13.1 Å². The lowest BCUT2D eigenvalue weighted by Crippen LogP contribution is -2.35. The summed E-state index contributed by atoms with van der Waals surface area (Å²) in [5.41, 5.74) is 0.775. The summed E-state index contributed by atoms with van der Waals surface area (Å²) in [6.45, 7) is 3.03.